The minimum absolute atomic E-state index is 0.114. The first-order valence-corrected chi connectivity index (χ1v) is 8.66. The Kier molecular flexibility index (Phi) is 6.37. The van der Waals surface area contributed by atoms with Crippen molar-refractivity contribution in [3.63, 3.8) is 0 Å². The Morgan fingerprint density at radius 2 is 1.77 bits per heavy atom. The van der Waals surface area contributed by atoms with E-state index in [9.17, 15) is 13.2 Å². The fourth-order valence-corrected chi connectivity index (χ4v) is 2.77. The lowest BCUT2D eigenvalue weighted by atomic mass is 10.1. The Bertz CT molecular complexity index is 589. The maximum atomic E-state index is 11.9. The number of ether oxygens (including phenoxy) is 1. The normalized spacial score (nSPS) is 12.0. The third kappa shape index (κ3) is 6.44. The fourth-order valence-electron chi connectivity index (χ4n) is 1.64. The van der Waals surface area contributed by atoms with Crippen molar-refractivity contribution in [3.05, 3.63) is 24.3 Å². The lowest BCUT2D eigenvalue weighted by Crippen LogP contribution is -2.43. The first-order chi connectivity index (χ1) is 10.1. The molecule has 0 fully saturated rings. The average molecular weight is 328 g/mol. The Morgan fingerprint density at radius 1 is 1.18 bits per heavy atom. The molecule has 0 spiro atoms. The molecule has 2 N–H and O–H groups in total. The van der Waals surface area contributed by atoms with Gasteiger partial charge in [-0.25, -0.2) is 13.1 Å². The molecule has 0 aromatic heterocycles. The van der Waals surface area contributed by atoms with Gasteiger partial charge in [0.15, 0.2) is 6.61 Å². The maximum Gasteiger partial charge on any atom is 0.258 e. The van der Waals surface area contributed by atoms with Crippen molar-refractivity contribution in [2.45, 2.75) is 44.6 Å². The number of rotatable bonds is 7. The molecule has 1 rings (SSSR count). The van der Waals surface area contributed by atoms with Crippen LogP contribution in [-0.4, -0.2) is 33.0 Å². The summed E-state index contributed by atoms with van der Waals surface area (Å²) < 4.78 is 31.6. The van der Waals surface area contributed by atoms with Crippen LogP contribution in [0.5, 0.6) is 5.75 Å². The van der Waals surface area contributed by atoms with Gasteiger partial charge >= 0.3 is 0 Å². The summed E-state index contributed by atoms with van der Waals surface area (Å²) in [4.78, 5) is 11.8. The van der Waals surface area contributed by atoms with Crippen LogP contribution in [0.1, 0.15) is 34.1 Å². The minimum atomic E-state index is -3.48. The van der Waals surface area contributed by atoms with Gasteiger partial charge in [0.1, 0.15) is 5.75 Å². The van der Waals surface area contributed by atoms with Gasteiger partial charge in [0.05, 0.1) is 4.90 Å². The van der Waals surface area contributed by atoms with Crippen LogP contribution in [0.25, 0.3) is 0 Å². The molecular weight excluding hydrogens is 304 g/mol. The largest absolute Gasteiger partial charge is 0.484 e. The van der Waals surface area contributed by atoms with Gasteiger partial charge in [-0.05, 0) is 51.5 Å². The van der Waals surface area contributed by atoms with Crippen LogP contribution >= 0.6 is 0 Å². The molecule has 0 aliphatic carbocycles. The summed E-state index contributed by atoms with van der Waals surface area (Å²) in [7, 11) is -3.48. The van der Waals surface area contributed by atoms with Crippen LogP contribution in [0.4, 0.5) is 0 Å². The Labute approximate surface area is 132 Å². The Hall–Kier alpha value is -1.60. The van der Waals surface area contributed by atoms with Crippen molar-refractivity contribution in [2.24, 2.45) is 0 Å². The van der Waals surface area contributed by atoms with Gasteiger partial charge < -0.3 is 10.1 Å². The Morgan fingerprint density at radius 3 is 2.27 bits per heavy atom. The lowest BCUT2D eigenvalue weighted by molar-refractivity contribution is -0.124. The van der Waals surface area contributed by atoms with E-state index in [4.69, 9.17) is 4.74 Å². The average Bonchev–Trinajstić information content (AvgIpc) is 2.41. The molecule has 0 aliphatic rings. The first-order valence-electron chi connectivity index (χ1n) is 7.17. The second kappa shape index (κ2) is 7.60. The van der Waals surface area contributed by atoms with E-state index in [1.165, 1.54) is 24.3 Å². The molecule has 6 nitrogen and oxygen atoms in total. The molecule has 0 aliphatic heterocycles. The van der Waals surface area contributed by atoms with Gasteiger partial charge in [-0.15, -0.1) is 0 Å². The molecule has 0 atom stereocenters. The number of benzene rings is 1. The van der Waals surface area contributed by atoms with E-state index in [0.29, 0.717) is 12.3 Å². The van der Waals surface area contributed by atoms with E-state index in [0.717, 1.165) is 6.42 Å². The van der Waals surface area contributed by atoms with Crippen molar-refractivity contribution in [1.29, 1.82) is 0 Å². The van der Waals surface area contributed by atoms with Crippen LogP contribution < -0.4 is 14.8 Å². The summed E-state index contributed by atoms with van der Waals surface area (Å²) in [6, 6.07) is 5.97. The molecule has 22 heavy (non-hydrogen) atoms. The highest BCUT2D eigenvalue weighted by atomic mass is 32.2. The zero-order valence-corrected chi connectivity index (χ0v) is 14.3. The third-order valence-electron chi connectivity index (χ3n) is 2.56. The van der Waals surface area contributed by atoms with E-state index in [1.807, 2.05) is 27.7 Å². The number of hydrogen-bond donors (Lipinski definition) is 2. The Balaban J connectivity index is 2.61. The molecule has 0 unspecified atom stereocenters. The van der Waals surface area contributed by atoms with Crippen LogP contribution in [0.15, 0.2) is 29.2 Å². The quantitative estimate of drug-likeness (QED) is 0.797. The number of hydrogen-bond acceptors (Lipinski definition) is 4. The molecular formula is C15H24N2O4S. The van der Waals surface area contributed by atoms with Crippen molar-refractivity contribution in [3.8, 4) is 5.75 Å². The summed E-state index contributed by atoms with van der Waals surface area (Å²) in [5.74, 6) is 0.215. The van der Waals surface area contributed by atoms with Gasteiger partial charge in [0.25, 0.3) is 5.91 Å². The first kappa shape index (κ1) is 18.4. The van der Waals surface area contributed by atoms with E-state index in [2.05, 4.69) is 10.0 Å². The standard InChI is InChI=1S/C15H24N2O4S/c1-5-10-16-22(19,20)13-8-6-12(7-9-13)21-11-14(18)17-15(2,3)4/h6-9,16H,5,10-11H2,1-4H3,(H,17,18). The molecule has 0 radical (unpaired) electrons. The van der Waals surface area contributed by atoms with Crippen LogP contribution in [0.3, 0.4) is 0 Å². The van der Waals surface area contributed by atoms with E-state index < -0.39 is 10.0 Å². The smallest absolute Gasteiger partial charge is 0.258 e. The van der Waals surface area contributed by atoms with Gasteiger partial charge in [0, 0.05) is 12.1 Å². The monoisotopic (exact) mass is 328 g/mol. The predicted molar refractivity (Wildman–Crippen MR) is 85.3 cm³/mol. The van der Waals surface area contributed by atoms with Crippen molar-refractivity contribution in [1.82, 2.24) is 10.0 Å². The predicted octanol–water partition coefficient (Wildman–Crippen LogP) is 1.67. The molecule has 0 heterocycles. The molecule has 7 heteroatoms. The highest BCUT2D eigenvalue weighted by molar-refractivity contribution is 7.89. The number of carbonyl (C=O) groups excluding carboxylic acids is 1. The lowest BCUT2D eigenvalue weighted by Gasteiger charge is -2.20. The van der Waals surface area contributed by atoms with Crippen molar-refractivity contribution < 1.29 is 17.9 Å². The minimum Gasteiger partial charge on any atom is -0.484 e. The molecule has 1 aromatic rings. The second-order valence-electron chi connectivity index (χ2n) is 5.96. The van der Waals surface area contributed by atoms with Crippen LogP contribution in [-0.2, 0) is 14.8 Å². The SMILES string of the molecule is CCCNS(=O)(=O)c1ccc(OCC(=O)NC(C)(C)C)cc1. The zero-order valence-electron chi connectivity index (χ0n) is 13.5. The van der Waals surface area contributed by atoms with Gasteiger partial charge in [-0.3, -0.25) is 4.79 Å². The maximum absolute atomic E-state index is 11.9. The number of carbonyl (C=O) groups is 1. The summed E-state index contributed by atoms with van der Waals surface area (Å²) in [6.45, 7) is 7.82. The van der Waals surface area contributed by atoms with Crippen LogP contribution in [0, 0.1) is 0 Å². The molecule has 1 aromatic carbocycles. The highest BCUT2D eigenvalue weighted by Gasteiger charge is 2.15. The number of nitrogens with one attached hydrogen (secondary N) is 2. The molecule has 124 valence electrons. The molecule has 0 saturated heterocycles. The molecule has 0 bridgehead atoms. The highest BCUT2D eigenvalue weighted by Crippen LogP contribution is 2.15. The van der Waals surface area contributed by atoms with E-state index >= 15 is 0 Å². The summed E-state index contributed by atoms with van der Waals surface area (Å²) in [5, 5.41) is 2.78. The number of sulfonamides is 1. The van der Waals surface area contributed by atoms with Crippen molar-refractivity contribution >= 4 is 15.9 Å². The van der Waals surface area contributed by atoms with E-state index in [1.54, 1.807) is 0 Å². The summed E-state index contributed by atoms with van der Waals surface area (Å²) in [6.07, 6.45) is 0.726. The van der Waals surface area contributed by atoms with Crippen molar-refractivity contribution in [2.75, 3.05) is 13.2 Å². The number of amides is 1. The molecule has 0 saturated carbocycles. The topological polar surface area (TPSA) is 84.5 Å². The van der Waals surface area contributed by atoms with Gasteiger partial charge in [-0.1, -0.05) is 6.92 Å². The summed E-state index contributed by atoms with van der Waals surface area (Å²) >= 11 is 0. The third-order valence-corrected chi connectivity index (χ3v) is 4.04. The van der Waals surface area contributed by atoms with E-state index in [-0.39, 0.29) is 22.9 Å². The van der Waals surface area contributed by atoms with Gasteiger partial charge in [-0.2, -0.15) is 0 Å². The van der Waals surface area contributed by atoms with Crippen LogP contribution in [0.2, 0.25) is 0 Å². The van der Waals surface area contributed by atoms with Gasteiger partial charge in [0.2, 0.25) is 10.0 Å². The molecule has 1 amide bonds. The zero-order chi connectivity index (χ0) is 16.8. The fraction of sp³-hybridized carbons (Fsp3) is 0.533. The second-order valence-corrected chi connectivity index (χ2v) is 7.72. The summed E-state index contributed by atoms with van der Waals surface area (Å²) in [5.41, 5.74) is -0.316.